The highest BCUT2D eigenvalue weighted by atomic mass is 32.2. The largest absolute Gasteiger partial charge is 0.493 e. The van der Waals surface area contributed by atoms with Crippen molar-refractivity contribution in [3.05, 3.63) is 34.2 Å². The molecule has 1 fully saturated rings. The second-order valence-corrected chi connectivity index (χ2v) is 8.82. The van der Waals surface area contributed by atoms with Gasteiger partial charge in [-0.3, -0.25) is 4.90 Å². The van der Waals surface area contributed by atoms with Crippen molar-refractivity contribution in [3.63, 3.8) is 0 Å². The molecule has 0 amide bonds. The minimum Gasteiger partial charge on any atom is -0.493 e. The van der Waals surface area contributed by atoms with E-state index in [1.54, 1.807) is 18.2 Å². The Labute approximate surface area is 173 Å². The molecule has 0 saturated carbocycles. The number of sulfonamides is 1. The lowest BCUT2D eigenvalue weighted by molar-refractivity contribution is 0.116. The third kappa shape index (κ3) is 7.83. The van der Waals surface area contributed by atoms with Crippen molar-refractivity contribution < 1.29 is 17.9 Å². The maximum absolute atomic E-state index is 12.7. The molecule has 1 N–H and O–H groups in total. The number of aryl methyl sites for hydroxylation is 1. The molecule has 0 unspecified atom stereocenters. The van der Waals surface area contributed by atoms with Crippen molar-refractivity contribution in [1.82, 2.24) is 9.62 Å². The van der Waals surface area contributed by atoms with E-state index >= 15 is 0 Å². The summed E-state index contributed by atoms with van der Waals surface area (Å²) in [4.78, 5) is 5.09. The van der Waals surface area contributed by atoms with Crippen molar-refractivity contribution in [2.75, 3.05) is 46.0 Å². The second-order valence-electron chi connectivity index (χ2n) is 7.10. The molecule has 1 aliphatic rings. The Morgan fingerprint density at radius 3 is 2.90 bits per heavy atom. The van der Waals surface area contributed by atoms with Gasteiger partial charge in [0.05, 0.1) is 24.7 Å². The number of azide groups is 1. The third-order valence-corrected chi connectivity index (χ3v) is 6.28. The van der Waals surface area contributed by atoms with Crippen LogP contribution in [-0.2, 0) is 14.8 Å². The molecule has 1 saturated heterocycles. The van der Waals surface area contributed by atoms with Gasteiger partial charge in [0.2, 0.25) is 10.0 Å². The average Bonchev–Trinajstić information content (AvgIpc) is 3.12. The van der Waals surface area contributed by atoms with Gasteiger partial charge in [0.15, 0.2) is 0 Å². The molecule has 0 radical (unpaired) electrons. The van der Waals surface area contributed by atoms with Crippen molar-refractivity contribution in [2.24, 2.45) is 5.11 Å². The van der Waals surface area contributed by atoms with Gasteiger partial charge in [-0.1, -0.05) is 18.5 Å². The van der Waals surface area contributed by atoms with Crippen LogP contribution >= 0.6 is 0 Å². The van der Waals surface area contributed by atoms with E-state index in [0.29, 0.717) is 32.9 Å². The molecule has 0 aromatic heterocycles. The SMILES string of the molecule is CCCCOc1ccc(S(=O)(=O)N[C@H]2CCN(CCOCCN=[N+]=[N-])C2)cc1C. The summed E-state index contributed by atoms with van der Waals surface area (Å²) < 4.78 is 39.4. The van der Waals surface area contributed by atoms with Crippen LogP contribution in [0.3, 0.4) is 0 Å². The van der Waals surface area contributed by atoms with Crippen LogP contribution in [0.2, 0.25) is 0 Å². The molecule has 1 aromatic carbocycles. The Morgan fingerprint density at radius 1 is 1.34 bits per heavy atom. The smallest absolute Gasteiger partial charge is 0.240 e. The van der Waals surface area contributed by atoms with Crippen LogP contribution < -0.4 is 9.46 Å². The van der Waals surface area contributed by atoms with E-state index in [1.807, 2.05) is 6.92 Å². The number of hydrogen-bond acceptors (Lipinski definition) is 6. The molecule has 1 heterocycles. The zero-order valence-corrected chi connectivity index (χ0v) is 18.0. The van der Waals surface area contributed by atoms with Crippen molar-refractivity contribution in [1.29, 1.82) is 0 Å². The Balaban J connectivity index is 1.82. The fourth-order valence-electron chi connectivity index (χ4n) is 3.14. The minimum absolute atomic E-state index is 0.121. The number of likely N-dealkylation sites (tertiary alicyclic amines) is 1. The van der Waals surface area contributed by atoms with Crippen molar-refractivity contribution in [3.8, 4) is 5.75 Å². The highest BCUT2D eigenvalue weighted by Crippen LogP contribution is 2.23. The Kier molecular flexibility index (Phi) is 9.69. The molecule has 29 heavy (non-hydrogen) atoms. The Hall–Kier alpha value is -1.84. The predicted molar refractivity (Wildman–Crippen MR) is 112 cm³/mol. The summed E-state index contributed by atoms with van der Waals surface area (Å²) >= 11 is 0. The van der Waals surface area contributed by atoms with E-state index in [9.17, 15) is 8.42 Å². The predicted octanol–water partition coefficient (Wildman–Crippen LogP) is 2.85. The fraction of sp³-hybridized carbons (Fsp3) is 0.684. The molecule has 162 valence electrons. The van der Waals surface area contributed by atoms with Crippen LogP contribution in [0.25, 0.3) is 10.4 Å². The van der Waals surface area contributed by atoms with Gasteiger partial charge in [-0.15, -0.1) is 0 Å². The summed E-state index contributed by atoms with van der Waals surface area (Å²) in [7, 11) is -3.58. The van der Waals surface area contributed by atoms with Gasteiger partial charge < -0.3 is 9.47 Å². The molecule has 1 aliphatic heterocycles. The van der Waals surface area contributed by atoms with E-state index < -0.39 is 10.0 Å². The lowest BCUT2D eigenvalue weighted by Gasteiger charge is -2.17. The molecule has 1 atom stereocenters. The number of benzene rings is 1. The zero-order valence-electron chi connectivity index (χ0n) is 17.2. The van der Waals surface area contributed by atoms with Crippen LogP contribution in [0.1, 0.15) is 31.7 Å². The monoisotopic (exact) mass is 425 g/mol. The number of hydrogen-bond donors (Lipinski definition) is 1. The number of ether oxygens (including phenoxy) is 2. The molecule has 0 bridgehead atoms. The van der Waals surface area contributed by atoms with Crippen LogP contribution in [0.4, 0.5) is 0 Å². The number of nitrogens with one attached hydrogen (secondary N) is 1. The van der Waals surface area contributed by atoms with E-state index in [4.69, 9.17) is 15.0 Å². The zero-order chi connectivity index (χ0) is 21.1. The molecule has 2 rings (SSSR count). The van der Waals surface area contributed by atoms with Gasteiger partial charge in [-0.25, -0.2) is 13.1 Å². The van der Waals surface area contributed by atoms with E-state index in [1.165, 1.54) is 0 Å². The minimum atomic E-state index is -3.58. The maximum atomic E-state index is 12.7. The number of nitrogens with zero attached hydrogens (tertiary/aromatic N) is 4. The summed E-state index contributed by atoms with van der Waals surface area (Å²) in [6, 6.07) is 4.87. The topological polar surface area (TPSA) is 117 Å². The van der Waals surface area contributed by atoms with Gasteiger partial charge in [0, 0.05) is 30.6 Å². The molecule has 1 aromatic rings. The molecule has 0 aliphatic carbocycles. The van der Waals surface area contributed by atoms with Crippen LogP contribution in [0, 0.1) is 6.92 Å². The molecule has 9 nitrogen and oxygen atoms in total. The van der Waals surface area contributed by atoms with Gasteiger partial charge in [0.1, 0.15) is 5.75 Å². The van der Waals surface area contributed by atoms with E-state index in [0.717, 1.165) is 43.7 Å². The summed E-state index contributed by atoms with van der Waals surface area (Å²) in [5.74, 6) is 0.727. The van der Waals surface area contributed by atoms with Gasteiger partial charge >= 0.3 is 0 Å². The molecule has 0 spiro atoms. The normalized spacial score (nSPS) is 17.2. The van der Waals surface area contributed by atoms with Crippen molar-refractivity contribution in [2.45, 2.75) is 44.0 Å². The Bertz CT molecular complexity index is 796. The number of rotatable bonds is 13. The lowest BCUT2D eigenvalue weighted by atomic mass is 10.2. The first kappa shape index (κ1) is 23.4. The van der Waals surface area contributed by atoms with E-state index in [2.05, 4.69) is 26.6 Å². The summed E-state index contributed by atoms with van der Waals surface area (Å²) in [6.45, 7) is 8.02. The maximum Gasteiger partial charge on any atom is 0.240 e. The highest BCUT2D eigenvalue weighted by molar-refractivity contribution is 7.89. The molecular weight excluding hydrogens is 394 g/mol. The second kappa shape index (κ2) is 12.0. The van der Waals surface area contributed by atoms with Crippen LogP contribution in [0.5, 0.6) is 5.75 Å². The standard InChI is InChI=1S/C19H31N5O4S/c1-3-4-11-28-19-6-5-18(14-16(19)2)29(25,26)22-17-7-9-24(15-17)10-13-27-12-8-21-23-20/h5-6,14,17,22H,3-4,7-13,15H2,1-2H3/t17-/m0/s1. The van der Waals surface area contributed by atoms with E-state index in [-0.39, 0.29) is 10.9 Å². The highest BCUT2D eigenvalue weighted by Gasteiger charge is 2.27. The first-order valence-corrected chi connectivity index (χ1v) is 11.5. The Morgan fingerprint density at radius 2 is 2.17 bits per heavy atom. The first-order valence-electron chi connectivity index (χ1n) is 10.0. The molecule has 10 heteroatoms. The van der Waals surface area contributed by atoms with Gasteiger partial charge in [0.25, 0.3) is 0 Å². The van der Waals surface area contributed by atoms with Gasteiger partial charge in [-0.2, -0.15) is 0 Å². The number of unbranched alkanes of at least 4 members (excludes halogenated alkanes) is 1. The summed E-state index contributed by atoms with van der Waals surface area (Å²) in [5, 5.41) is 3.41. The first-order chi connectivity index (χ1) is 14.0. The molecular formula is C19H31N5O4S. The van der Waals surface area contributed by atoms with Crippen molar-refractivity contribution >= 4 is 10.0 Å². The van der Waals surface area contributed by atoms with Gasteiger partial charge in [-0.05, 0) is 55.6 Å². The quantitative estimate of drug-likeness (QED) is 0.226. The third-order valence-electron chi connectivity index (χ3n) is 4.76. The van der Waals surface area contributed by atoms with Crippen LogP contribution in [0.15, 0.2) is 28.2 Å². The average molecular weight is 426 g/mol. The van der Waals surface area contributed by atoms with Crippen LogP contribution in [-0.4, -0.2) is 65.4 Å². The lowest BCUT2D eigenvalue weighted by Crippen LogP contribution is -2.37. The summed E-state index contributed by atoms with van der Waals surface area (Å²) in [6.07, 6.45) is 2.78. The summed E-state index contributed by atoms with van der Waals surface area (Å²) in [5.41, 5.74) is 9.02. The fourth-order valence-corrected chi connectivity index (χ4v) is 4.49.